The lowest BCUT2D eigenvalue weighted by Gasteiger charge is -2.24. The van der Waals surface area contributed by atoms with Crippen LogP contribution >= 0.6 is 0 Å². The third-order valence-electron chi connectivity index (χ3n) is 4.23. The lowest BCUT2D eigenvalue weighted by Crippen LogP contribution is -2.24. The lowest BCUT2D eigenvalue weighted by atomic mass is 9.96. The predicted octanol–water partition coefficient (Wildman–Crippen LogP) is 3.86. The third-order valence-corrected chi connectivity index (χ3v) is 4.23. The Kier molecular flexibility index (Phi) is 4.88. The van der Waals surface area contributed by atoms with Crippen molar-refractivity contribution in [3.8, 4) is 0 Å². The van der Waals surface area contributed by atoms with Crippen LogP contribution in [0.15, 0.2) is 42.6 Å². The van der Waals surface area contributed by atoms with Crippen LogP contribution in [0, 0.1) is 0 Å². The van der Waals surface area contributed by atoms with Crippen LogP contribution in [0.4, 0.5) is 11.8 Å². The number of rotatable bonds is 5. The van der Waals surface area contributed by atoms with E-state index >= 15 is 0 Å². The van der Waals surface area contributed by atoms with E-state index in [1.165, 1.54) is 37.7 Å². The molecule has 0 bridgehead atoms. The number of nitrogens with one attached hydrogen (secondary N) is 1. The maximum Gasteiger partial charge on any atom is 0.224 e. The van der Waals surface area contributed by atoms with E-state index in [0.29, 0.717) is 6.04 Å². The highest BCUT2D eigenvalue weighted by atomic mass is 15.2. The van der Waals surface area contributed by atoms with Crippen LogP contribution in [0.2, 0.25) is 0 Å². The Morgan fingerprint density at radius 1 is 1.09 bits per heavy atom. The molecule has 0 atom stereocenters. The maximum absolute atomic E-state index is 4.67. The highest BCUT2D eigenvalue weighted by Crippen LogP contribution is 2.21. The van der Waals surface area contributed by atoms with E-state index in [0.717, 1.165) is 18.3 Å². The molecule has 116 valence electrons. The fraction of sp³-hybridized carbons (Fsp3) is 0.444. The quantitative estimate of drug-likeness (QED) is 0.909. The van der Waals surface area contributed by atoms with E-state index < -0.39 is 0 Å². The number of benzene rings is 1. The largest absolute Gasteiger partial charge is 0.355 e. The molecule has 1 aromatic heterocycles. The van der Waals surface area contributed by atoms with Crippen molar-refractivity contribution in [1.29, 1.82) is 0 Å². The molecule has 0 amide bonds. The number of anilines is 2. The molecule has 22 heavy (non-hydrogen) atoms. The van der Waals surface area contributed by atoms with E-state index in [9.17, 15) is 0 Å². The molecule has 1 aliphatic rings. The minimum absolute atomic E-state index is 0.531. The van der Waals surface area contributed by atoms with Crippen LogP contribution in [0.3, 0.4) is 0 Å². The van der Waals surface area contributed by atoms with Gasteiger partial charge in [-0.15, -0.1) is 0 Å². The first-order valence-corrected chi connectivity index (χ1v) is 8.16. The van der Waals surface area contributed by atoms with Crippen molar-refractivity contribution in [2.45, 2.75) is 44.7 Å². The first-order chi connectivity index (χ1) is 10.8. The summed E-state index contributed by atoms with van der Waals surface area (Å²) >= 11 is 0. The zero-order valence-electron chi connectivity index (χ0n) is 13.2. The Labute approximate surface area is 132 Å². The summed E-state index contributed by atoms with van der Waals surface area (Å²) in [6.45, 7) is 0.848. The SMILES string of the molecule is CN(Cc1ccccc1)c1ccnc(NC2CCCCC2)n1. The van der Waals surface area contributed by atoms with Gasteiger partial charge in [0, 0.05) is 25.8 Å². The molecule has 1 heterocycles. The van der Waals surface area contributed by atoms with Crippen LogP contribution in [0.5, 0.6) is 0 Å². The monoisotopic (exact) mass is 296 g/mol. The van der Waals surface area contributed by atoms with Crippen molar-refractivity contribution in [2.75, 3.05) is 17.3 Å². The Balaban J connectivity index is 1.64. The van der Waals surface area contributed by atoms with Crippen molar-refractivity contribution in [2.24, 2.45) is 0 Å². The normalized spacial score (nSPS) is 15.5. The van der Waals surface area contributed by atoms with Crippen molar-refractivity contribution in [3.63, 3.8) is 0 Å². The first-order valence-electron chi connectivity index (χ1n) is 8.16. The summed E-state index contributed by atoms with van der Waals surface area (Å²) in [6.07, 6.45) is 8.28. The van der Waals surface area contributed by atoms with Gasteiger partial charge in [0.25, 0.3) is 0 Å². The summed E-state index contributed by atoms with van der Waals surface area (Å²) in [7, 11) is 2.07. The standard InChI is InChI=1S/C18H24N4/c1-22(14-15-8-4-2-5-9-15)17-12-13-19-18(21-17)20-16-10-6-3-7-11-16/h2,4-5,8-9,12-13,16H,3,6-7,10-11,14H2,1H3,(H,19,20,21). The minimum atomic E-state index is 0.531. The molecule has 0 radical (unpaired) electrons. The molecule has 1 N–H and O–H groups in total. The molecule has 2 aromatic rings. The van der Waals surface area contributed by atoms with Gasteiger partial charge in [-0.1, -0.05) is 49.6 Å². The van der Waals surface area contributed by atoms with Gasteiger partial charge in [0.1, 0.15) is 5.82 Å². The summed E-state index contributed by atoms with van der Waals surface area (Å²) in [5.41, 5.74) is 1.28. The molecule has 3 rings (SSSR count). The first kappa shape index (κ1) is 14.8. The van der Waals surface area contributed by atoms with Crippen LogP contribution in [-0.4, -0.2) is 23.1 Å². The van der Waals surface area contributed by atoms with Gasteiger partial charge in [0.2, 0.25) is 5.95 Å². The summed E-state index contributed by atoms with van der Waals surface area (Å²) < 4.78 is 0. The van der Waals surface area contributed by atoms with E-state index in [1.807, 2.05) is 18.3 Å². The molecule has 1 aromatic carbocycles. The van der Waals surface area contributed by atoms with Crippen molar-refractivity contribution in [1.82, 2.24) is 9.97 Å². The molecule has 0 aliphatic heterocycles. The van der Waals surface area contributed by atoms with Gasteiger partial charge < -0.3 is 10.2 Å². The van der Waals surface area contributed by atoms with Crippen molar-refractivity contribution >= 4 is 11.8 Å². The van der Waals surface area contributed by atoms with Gasteiger partial charge >= 0.3 is 0 Å². The van der Waals surface area contributed by atoms with Crippen LogP contribution in [0.25, 0.3) is 0 Å². The predicted molar refractivity (Wildman–Crippen MR) is 91.1 cm³/mol. The fourth-order valence-corrected chi connectivity index (χ4v) is 3.00. The molecule has 1 fully saturated rings. The maximum atomic E-state index is 4.67. The molecule has 1 aliphatic carbocycles. The third kappa shape index (κ3) is 3.97. The second-order valence-corrected chi connectivity index (χ2v) is 6.06. The Morgan fingerprint density at radius 3 is 2.64 bits per heavy atom. The fourth-order valence-electron chi connectivity index (χ4n) is 3.00. The molecule has 0 saturated heterocycles. The smallest absolute Gasteiger partial charge is 0.224 e. The van der Waals surface area contributed by atoms with E-state index in [2.05, 4.69) is 51.5 Å². The number of hydrogen-bond acceptors (Lipinski definition) is 4. The van der Waals surface area contributed by atoms with Crippen LogP contribution in [0.1, 0.15) is 37.7 Å². The van der Waals surface area contributed by atoms with Gasteiger partial charge in [-0.3, -0.25) is 0 Å². The highest BCUT2D eigenvalue weighted by Gasteiger charge is 2.14. The average Bonchev–Trinajstić information content (AvgIpc) is 2.57. The molecule has 0 spiro atoms. The highest BCUT2D eigenvalue weighted by molar-refractivity contribution is 5.42. The molecule has 1 saturated carbocycles. The van der Waals surface area contributed by atoms with E-state index in [4.69, 9.17) is 0 Å². The lowest BCUT2D eigenvalue weighted by molar-refractivity contribution is 0.461. The van der Waals surface area contributed by atoms with Gasteiger partial charge in [0.05, 0.1) is 0 Å². The second-order valence-electron chi connectivity index (χ2n) is 6.06. The van der Waals surface area contributed by atoms with Gasteiger partial charge in [-0.25, -0.2) is 4.98 Å². The summed E-state index contributed by atoms with van der Waals surface area (Å²) in [4.78, 5) is 11.2. The average molecular weight is 296 g/mol. The van der Waals surface area contributed by atoms with Gasteiger partial charge in [-0.05, 0) is 24.5 Å². The molecular formula is C18H24N4. The Hall–Kier alpha value is -2.10. The summed E-state index contributed by atoms with van der Waals surface area (Å²) in [6, 6.07) is 13.0. The minimum Gasteiger partial charge on any atom is -0.355 e. The zero-order valence-corrected chi connectivity index (χ0v) is 13.2. The number of aromatic nitrogens is 2. The van der Waals surface area contributed by atoms with Gasteiger partial charge in [-0.2, -0.15) is 4.98 Å². The second kappa shape index (κ2) is 7.25. The summed E-state index contributed by atoms with van der Waals surface area (Å²) in [5.74, 6) is 1.71. The van der Waals surface area contributed by atoms with Gasteiger partial charge in [0.15, 0.2) is 0 Å². The number of nitrogens with zero attached hydrogens (tertiary/aromatic N) is 3. The van der Waals surface area contributed by atoms with Crippen molar-refractivity contribution < 1.29 is 0 Å². The summed E-state index contributed by atoms with van der Waals surface area (Å²) in [5, 5.41) is 3.49. The molecular weight excluding hydrogens is 272 g/mol. The molecule has 4 heteroatoms. The Morgan fingerprint density at radius 2 is 1.86 bits per heavy atom. The molecule has 0 unspecified atom stereocenters. The van der Waals surface area contributed by atoms with Crippen LogP contribution < -0.4 is 10.2 Å². The van der Waals surface area contributed by atoms with E-state index in [1.54, 1.807) is 0 Å². The topological polar surface area (TPSA) is 41.1 Å². The van der Waals surface area contributed by atoms with Crippen LogP contribution in [-0.2, 0) is 6.54 Å². The van der Waals surface area contributed by atoms with Crippen molar-refractivity contribution in [3.05, 3.63) is 48.2 Å². The number of hydrogen-bond donors (Lipinski definition) is 1. The molecule has 4 nitrogen and oxygen atoms in total. The van der Waals surface area contributed by atoms with E-state index in [-0.39, 0.29) is 0 Å². The Bertz CT molecular complexity index is 579. The zero-order chi connectivity index (χ0) is 15.2.